The van der Waals surface area contributed by atoms with Crippen LogP contribution >= 0.6 is 24.0 Å². The van der Waals surface area contributed by atoms with Gasteiger partial charge in [0.2, 0.25) is 0 Å². The number of ether oxygens (including phenoxy) is 1. The Kier molecular flexibility index (Phi) is 8.26. The second-order valence-corrected chi connectivity index (χ2v) is 8.26. The second kappa shape index (κ2) is 10.7. The lowest BCUT2D eigenvalue weighted by Gasteiger charge is -2.30. The van der Waals surface area contributed by atoms with Crippen LogP contribution in [0, 0.1) is 5.92 Å². The number of nitrogens with zero attached hydrogens (tertiary/aromatic N) is 3. The number of guanidine groups is 1. The number of nitrogens with one attached hydrogen (secondary N) is 1. The highest BCUT2D eigenvalue weighted by atomic mass is 127. The van der Waals surface area contributed by atoms with Gasteiger partial charge in [0, 0.05) is 39.1 Å². The maximum atomic E-state index is 5.80. The molecule has 1 aromatic rings. The highest BCUT2D eigenvalue weighted by Crippen LogP contribution is 2.32. The van der Waals surface area contributed by atoms with Crippen molar-refractivity contribution in [1.29, 1.82) is 0 Å². The van der Waals surface area contributed by atoms with Crippen LogP contribution in [0.15, 0.2) is 29.3 Å². The van der Waals surface area contributed by atoms with Gasteiger partial charge < -0.3 is 19.9 Å². The van der Waals surface area contributed by atoms with Crippen molar-refractivity contribution in [2.75, 3.05) is 52.9 Å². The summed E-state index contributed by atoms with van der Waals surface area (Å²) in [6.45, 7) is 7.87. The van der Waals surface area contributed by atoms with Gasteiger partial charge in [-0.15, -0.1) is 24.0 Å². The van der Waals surface area contributed by atoms with Gasteiger partial charge in [-0.05, 0) is 56.3 Å². The van der Waals surface area contributed by atoms with E-state index in [1.165, 1.54) is 50.9 Å². The largest absolute Gasteiger partial charge is 0.493 e. The van der Waals surface area contributed by atoms with E-state index in [0.29, 0.717) is 5.92 Å². The minimum atomic E-state index is 0. The van der Waals surface area contributed by atoms with E-state index in [1.54, 1.807) is 0 Å². The van der Waals surface area contributed by atoms with Crippen LogP contribution in [0.3, 0.4) is 0 Å². The average Bonchev–Trinajstić information content (AvgIpc) is 3.17. The Morgan fingerprint density at radius 3 is 2.79 bits per heavy atom. The average molecular weight is 498 g/mol. The van der Waals surface area contributed by atoms with Crippen LogP contribution in [0.2, 0.25) is 0 Å². The van der Waals surface area contributed by atoms with E-state index in [9.17, 15) is 0 Å². The first-order valence-corrected chi connectivity index (χ1v) is 10.7. The standard InChI is InChI=1S/C22H34N4O.HI/c1-23-22(24-15-19-10-14-27-21-8-4-3-7-20(19)21)26-13-9-18(17-26)16-25-11-5-2-6-12-25;/h3-4,7-8,18-19H,2,5-6,9-17H2,1H3,(H,23,24);1H. The van der Waals surface area contributed by atoms with Gasteiger partial charge in [-0.2, -0.15) is 0 Å². The van der Waals surface area contributed by atoms with Gasteiger partial charge in [-0.3, -0.25) is 4.99 Å². The molecule has 0 radical (unpaired) electrons. The smallest absolute Gasteiger partial charge is 0.193 e. The number of piperidine rings is 1. The predicted molar refractivity (Wildman–Crippen MR) is 126 cm³/mol. The van der Waals surface area contributed by atoms with Crippen LogP contribution in [0.25, 0.3) is 0 Å². The number of rotatable bonds is 4. The van der Waals surface area contributed by atoms with Crippen molar-refractivity contribution in [1.82, 2.24) is 15.1 Å². The van der Waals surface area contributed by atoms with E-state index in [2.05, 4.69) is 44.4 Å². The highest BCUT2D eigenvalue weighted by Gasteiger charge is 2.28. The quantitative estimate of drug-likeness (QED) is 0.392. The van der Waals surface area contributed by atoms with Gasteiger partial charge in [0.05, 0.1) is 6.61 Å². The van der Waals surface area contributed by atoms with Crippen LogP contribution in [-0.2, 0) is 0 Å². The third-order valence-corrected chi connectivity index (χ3v) is 6.35. The molecular formula is C22H35IN4O. The molecule has 2 fully saturated rings. The van der Waals surface area contributed by atoms with Crippen LogP contribution in [0.1, 0.15) is 43.6 Å². The Balaban J connectivity index is 0.00000225. The number of halogens is 1. The zero-order valence-corrected chi connectivity index (χ0v) is 19.4. The van der Waals surface area contributed by atoms with E-state index in [0.717, 1.165) is 50.3 Å². The van der Waals surface area contributed by atoms with Gasteiger partial charge in [0.1, 0.15) is 5.75 Å². The van der Waals surface area contributed by atoms with Crippen LogP contribution < -0.4 is 10.1 Å². The lowest BCUT2D eigenvalue weighted by atomic mass is 9.93. The molecule has 3 aliphatic rings. The van der Waals surface area contributed by atoms with Crippen molar-refractivity contribution in [3.8, 4) is 5.75 Å². The first kappa shape index (κ1) is 21.7. The Hall–Kier alpha value is -1.02. The van der Waals surface area contributed by atoms with E-state index in [1.807, 2.05) is 7.05 Å². The van der Waals surface area contributed by atoms with Crippen molar-refractivity contribution in [3.63, 3.8) is 0 Å². The van der Waals surface area contributed by atoms with Crippen LogP contribution in [-0.4, -0.2) is 68.7 Å². The molecule has 6 heteroatoms. The van der Waals surface area contributed by atoms with Crippen molar-refractivity contribution in [3.05, 3.63) is 29.8 Å². The fourth-order valence-electron chi connectivity index (χ4n) is 4.86. The monoisotopic (exact) mass is 498 g/mol. The third kappa shape index (κ3) is 5.32. The molecule has 1 N–H and O–H groups in total. The van der Waals surface area contributed by atoms with Crippen molar-refractivity contribution >= 4 is 29.9 Å². The normalized spacial score (nSPS) is 25.6. The molecule has 0 aromatic heterocycles. The van der Waals surface area contributed by atoms with Gasteiger partial charge in [0.25, 0.3) is 0 Å². The van der Waals surface area contributed by atoms with Crippen molar-refractivity contribution in [2.24, 2.45) is 10.9 Å². The SMILES string of the molecule is CN=C(NCC1CCOc2ccccc21)N1CCC(CN2CCCCC2)C1.I. The molecule has 0 saturated carbocycles. The Morgan fingerprint density at radius 1 is 1.14 bits per heavy atom. The van der Waals surface area contributed by atoms with Crippen molar-refractivity contribution in [2.45, 2.75) is 38.0 Å². The molecule has 3 heterocycles. The lowest BCUT2D eigenvalue weighted by molar-refractivity contribution is 0.198. The van der Waals surface area contributed by atoms with E-state index < -0.39 is 0 Å². The molecule has 28 heavy (non-hydrogen) atoms. The number of fused-ring (bicyclic) bond motifs is 1. The van der Waals surface area contributed by atoms with Gasteiger partial charge in [-0.1, -0.05) is 24.6 Å². The minimum absolute atomic E-state index is 0. The van der Waals surface area contributed by atoms with E-state index >= 15 is 0 Å². The summed E-state index contributed by atoms with van der Waals surface area (Å²) in [6.07, 6.45) is 6.54. The fourth-order valence-corrected chi connectivity index (χ4v) is 4.86. The second-order valence-electron chi connectivity index (χ2n) is 8.26. The first-order valence-electron chi connectivity index (χ1n) is 10.7. The summed E-state index contributed by atoms with van der Waals surface area (Å²) >= 11 is 0. The molecule has 0 bridgehead atoms. The highest BCUT2D eigenvalue weighted by molar-refractivity contribution is 14.0. The number of hydrogen-bond acceptors (Lipinski definition) is 3. The van der Waals surface area contributed by atoms with Crippen LogP contribution in [0.5, 0.6) is 5.75 Å². The Morgan fingerprint density at radius 2 is 1.96 bits per heavy atom. The molecule has 5 nitrogen and oxygen atoms in total. The summed E-state index contributed by atoms with van der Waals surface area (Å²) in [4.78, 5) is 9.71. The summed E-state index contributed by atoms with van der Waals surface area (Å²) < 4.78 is 5.80. The Bertz CT molecular complexity index is 647. The van der Waals surface area contributed by atoms with Crippen molar-refractivity contribution < 1.29 is 4.74 Å². The first-order chi connectivity index (χ1) is 13.3. The van der Waals surface area contributed by atoms with Crippen LogP contribution in [0.4, 0.5) is 0 Å². The molecule has 3 aliphatic heterocycles. The molecule has 0 spiro atoms. The molecular weight excluding hydrogens is 463 g/mol. The number of aliphatic imine (C=N–C) groups is 1. The lowest BCUT2D eigenvalue weighted by Crippen LogP contribution is -2.43. The molecule has 2 saturated heterocycles. The molecule has 2 unspecified atom stereocenters. The summed E-state index contributed by atoms with van der Waals surface area (Å²) in [5, 5.41) is 3.65. The maximum Gasteiger partial charge on any atom is 0.193 e. The predicted octanol–water partition coefficient (Wildman–Crippen LogP) is 3.55. The summed E-state index contributed by atoms with van der Waals surface area (Å²) in [7, 11) is 1.91. The summed E-state index contributed by atoms with van der Waals surface area (Å²) in [5.74, 6) is 3.40. The number of likely N-dealkylation sites (tertiary alicyclic amines) is 2. The molecule has 1 aromatic carbocycles. The number of hydrogen-bond donors (Lipinski definition) is 1. The van der Waals surface area contributed by atoms with Gasteiger partial charge in [-0.25, -0.2) is 0 Å². The fraction of sp³-hybridized carbons (Fsp3) is 0.682. The molecule has 4 rings (SSSR count). The number of benzene rings is 1. The third-order valence-electron chi connectivity index (χ3n) is 6.35. The van der Waals surface area contributed by atoms with Gasteiger partial charge in [0.15, 0.2) is 5.96 Å². The Labute approximate surface area is 186 Å². The summed E-state index contributed by atoms with van der Waals surface area (Å²) in [5.41, 5.74) is 1.33. The molecule has 0 aliphatic carbocycles. The molecule has 0 amide bonds. The molecule has 2 atom stereocenters. The zero-order chi connectivity index (χ0) is 18.5. The zero-order valence-electron chi connectivity index (χ0n) is 17.1. The topological polar surface area (TPSA) is 40.1 Å². The van der Waals surface area contributed by atoms with E-state index in [4.69, 9.17) is 4.74 Å². The number of para-hydroxylation sites is 1. The summed E-state index contributed by atoms with van der Waals surface area (Å²) in [6, 6.07) is 8.46. The minimum Gasteiger partial charge on any atom is -0.493 e. The van der Waals surface area contributed by atoms with Gasteiger partial charge >= 0.3 is 0 Å². The van der Waals surface area contributed by atoms with E-state index in [-0.39, 0.29) is 24.0 Å². The maximum absolute atomic E-state index is 5.80. The molecule has 156 valence electrons.